The fraction of sp³-hybridized carbons (Fsp3) is 0.167. The van der Waals surface area contributed by atoms with Gasteiger partial charge in [0.15, 0.2) is 6.61 Å². The third-order valence-electron chi connectivity index (χ3n) is 4.10. The Hall–Kier alpha value is -3.95. The number of rotatable bonds is 6. The van der Waals surface area contributed by atoms with Gasteiger partial charge in [-0.3, -0.25) is 29.4 Å². The fourth-order valence-corrected chi connectivity index (χ4v) is 2.71. The van der Waals surface area contributed by atoms with Crippen molar-refractivity contribution in [3.63, 3.8) is 0 Å². The summed E-state index contributed by atoms with van der Waals surface area (Å²) < 4.78 is 5.26. The van der Waals surface area contributed by atoms with Gasteiger partial charge in [-0.25, -0.2) is 0 Å². The van der Waals surface area contributed by atoms with E-state index in [4.69, 9.17) is 10.5 Å². The van der Waals surface area contributed by atoms with E-state index < -0.39 is 22.6 Å². The summed E-state index contributed by atoms with van der Waals surface area (Å²) in [6.07, 6.45) is 0. The fourth-order valence-electron chi connectivity index (χ4n) is 2.71. The maximum absolute atomic E-state index is 12.3. The van der Waals surface area contributed by atoms with E-state index in [9.17, 15) is 24.5 Å². The van der Waals surface area contributed by atoms with Gasteiger partial charge in [0.2, 0.25) is 11.8 Å². The zero-order valence-electron chi connectivity index (χ0n) is 14.6. The van der Waals surface area contributed by atoms with Gasteiger partial charge in [0, 0.05) is 24.2 Å². The number of nitrogens with one attached hydrogen (secondary N) is 1. The minimum Gasteiger partial charge on any atom is -0.482 e. The Bertz CT molecular complexity index is 974. The highest BCUT2D eigenvalue weighted by Gasteiger charge is 2.29. The molecule has 3 N–H and O–H groups in total. The summed E-state index contributed by atoms with van der Waals surface area (Å²) in [5.74, 6) is -1.26. The minimum atomic E-state index is -0.594. The number of nitrogens with two attached hydrogens (primary N) is 1. The van der Waals surface area contributed by atoms with Gasteiger partial charge in [0.05, 0.1) is 10.6 Å². The number of anilines is 1. The van der Waals surface area contributed by atoms with Gasteiger partial charge < -0.3 is 15.8 Å². The molecule has 144 valence electrons. The standard InChI is InChI=1S/C18H16N4O6/c19-18(25)12-3-1-2-11(6-12)8-20-16(23)9-21-14-7-13(22(26)27)4-5-15(14)28-10-17(21)24/h1-7H,8-10H2,(H2,19,25)(H,20,23). The van der Waals surface area contributed by atoms with Crippen LogP contribution < -0.4 is 20.7 Å². The zero-order valence-corrected chi connectivity index (χ0v) is 14.6. The highest BCUT2D eigenvalue weighted by atomic mass is 16.6. The van der Waals surface area contributed by atoms with Crippen LogP contribution >= 0.6 is 0 Å². The molecule has 0 unspecified atom stereocenters. The predicted octanol–water partition coefficient (Wildman–Crippen LogP) is 0.736. The van der Waals surface area contributed by atoms with E-state index >= 15 is 0 Å². The van der Waals surface area contributed by atoms with Crippen LogP contribution in [0.5, 0.6) is 5.75 Å². The lowest BCUT2D eigenvalue weighted by atomic mass is 10.1. The summed E-state index contributed by atoms with van der Waals surface area (Å²) in [4.78, 5) is 47.2. The summed E-state index contributed by atoms with van der Waals surface area (Å²) in [7, 11) is 0. The van der Waals surface area contributed by atoms with E-state index in [0.717, 1.165) is 4.90 Å². The molecule has 2 aromatic carbocycles. The maximum atomic E-state index is 12.3. The highest BCUT2D eigenvalue weighted by Crippen LogP contribution is 2.35. The molecule has 1 heterocycles. The van der Waals surface area contributed by atoms with Crippen molar-refractivity contribution in [3.05, 3.63) is 63.7 Å². The van der Waals surface area contributed by atoms with Gasteiger partial charge >= 0.3 is 0 Å². The van der Waals surface area contributed by atoms with Crippen molar-refractivity contribution >= 4 is 29.1 Å². The molecule has 0 fully saturated rings. The normalized spacial score (nSPS) is 12.7. The molecule has 1 aliphatic rings. The molecule has 3 rings (SSSR count). The van der Waals surface area contributed by atoms with Crippen LogP contribution in [0.1, 0.15) is 15.9 Å². The summed E-state index contributed by atoms with van der Waals surface area (Å²) in [5.41, 5.74) is 6.15. The Morgan fingerprint density at radius 3 is 2.75 bits per heavy atom. The molecule has 0 aliphatic carbocycles. The van der Waals surface area contributed by atoms with E-state index in [1.165, 1.54) is 18.2 Å². The Morgan fingerprint density at radius 2 is 2.04 bits per heavy atom. The number of hydrogen-bond acceptors (Lipinski definition) is 6. The van der Waals surface area contributed by atoms with Gasteiger partial charge in [-0.05, 0) is 23.8 Å². The summed E-state index contributed by atoms with van der Waals surface area (Å²) >= 11 is 0. The number of non-ortho nitro benzene ring substituents is 1. The molecular weight excluding hydrogens is 368 g/mol. The third-order valence-corrected chi connectivity index (χ3v) is 4.10. The number of amides is 3. The predicted molar refractivity (Wildman–Crippen MR) is 97.8 cm³/mol. The van der Waals surface area contributed by atoms with Gasteiger partial charge in [-0.15, -0.1) is 0 Å². The highest BCUT2D eigenvalue weighted by molar-refractivity contribution is 6.02. The number of fused-ring (bicyclic) bond motifs is 1. The van der Waals surface area contributed by atoms with E-state index in [1.54, 1.807) is 24.3 Å². The lowest BCUT2D eigenvalue weighted by molar-refractivity contribution is -0.384. The molecule has 2 aromatic rings. The molecule has 0 spiro atoms. The Labute approximate surface area is 159 Å². The lowest BCUT2D eigenvalue weighted by Gasteiger charge is -2.28. The number of nitro groups is 1. The first kappa shape index (κ1) is 18.8. The quantitative estimate of drug-likeness (QED) is 0.555. The van der Waals surface area contributed by atoms with Crippen molar-refractivity contribution in [1.29, 1.82) is 0 Å². The Kier molecular flexibility index (Phi) is 5.21. The van der Waals surface area contributed by atoms with Crippen LogP contribution in [0.25, 0.3) is 0 Å². The van der Waals surface area contributed by atoms with Crippen LogP contribution in [0.2, 0.25) is 0 Å². The first-order valence-electron chi connectivity index (χ1n) is 8.22. The Morgan fingerprint density at radius 1 is 1.25 bits per heavy atom. The number of nitrogens with zero attached hydrogens (tertiary/aromatic N) is 2. The SMILES string of the molecule is NC(=O)c1cccc(CNC(=O)CN2C(=O)COc3ccc([N+](=O)[O-])cc32)c1. The van der Waals surface area contributed by atoms with E-state index in [1.807, 2.05) is 0 Å². The second kappa shape index (κ2) is 7.74. The summed E-state index contributed by atoms with van der Waals surface area (Å²) in [6, 6.07) is 10.3. The average Bonchev–Trinajstić information content (AvgIpc) is 2.68. The van der Waals surface area contributed by atoms with E-state index in [2.05, 4.69) is 5.32 Å². The number of nitro benzene ring substituents is 1. The molecule has 0 saturated carbocycles. The molecule has 0 bridgehead atoms. The van der Waals surface area contributed by atoms with Crippen molar-refractivity contribution < 1.29 is 24.0 Å². The van der Waals surface area contributed by atoms with Crippen LogP contribution in [0.4, 0.5) is 11.4 Å². The number of hydrogen-bond donors (Lipinski definition) is 2. The Balaban J connectivity index is 1.71. The second-order valence-electron chi connectivity index (χ2n) is 6.02. The molecule has 10 heteroatoms. The molecule has 28 heavy (non-hydrogen) atoms. The average molecular weight is 384 g/mol. The van der Waals surface area contributed by atoms with Crippen molar-refractivity contribution in [1.82, 2.24) is 5.32 Å². The molecule has 0 radical (unpaired) electrons. The van der Waals surface area contributed by atoms with Gasteiger partial charge in [-0.2, -0.15) is 0 Å². The largest absolute Gasteiger partial charge is 0.482 e. The minimum absolute atomic E-state index is 0.125. The lowest BCUT2D eigenvalue weighted by Crippen LogP contribution is -2.45. The first-order chi connectivity index (χ1) is 13.3. The number of benzene rings is 2. The van der Waals surface area contributed by atoms with Crippen LogP contribution in [-0.4, -0.2) is 35.8 Å². The van der Waals surface area contributed by atoms with Crippen molar-refractivity contribution in [2.24, 2.45) is 5.73 Å². The van der Waals surface area contributed by atoms with E-state index in [0.29, 0.717) is 11.1 Å². The zero-order chi connectivity index (χ0) is 20.3. The van der Waals surface area contributed by atoms with Crippen molar-refractivity contribution in [2.75, 3.05) is 18.1 Å². The monoisotopic (exact) mass is 384 g/mol. The van der Waals surface area contributed by atoms with Crippen LogP contribution in [0, 0.1) is 10.1 Å². The van der Waals surface area contributed by atoms with Crippen molar-refractivity contribution in [2.45, 2.75) is 6.54 Å². The van der Waals surface area contributed by atoms with Crippen LogP contribution in [-0.2, 0) is 16.1 Å². The molecular formula is C18H16N4O6. The number of ether oxygens (including phenoxy) is 1. The third kappa shape index (κ3) is 4.06. The maximum Gasteiger partial charge on any atom is 0.271 e. The molecule has 0 atom stereocenters. The van der Waals surface area contributed by atoms with Crippen molar-refractivity contribution in [3.8, 4) is 5.75 Å². The molecule has 10 nitrogen and oxygen atoms in total. The van der Waals surface area contributed by atoms with Crippen LogP contribution in [0.3, 0.4) is 0 Å². The van der Waals surface area contributed by atoms with Gasteiger partial charge in [-0.1, -0.05) is 12.1 Å². The number of primary amides is 1. The number of carbonyl (C=O) groups excluding carboxylic acids is 3. The molecule has 3 amide bonds. The molecule has 0 aromatic heterocycles. The topological polar surface area (TPSA) is 145 Å². The van der Waals surface area contributed by atoms with Gasteiger partial charge in [0.1, 0.15) is 12.3 Å². The molecule has 0 saturated heterocycles. The van der Waals surface area contributed by atoms with E-state index in [-0.39, 0.29) is 36.8 Å². The summed E-state index contributed by atoms with van der Waals surface area (Å²) in [6.45, 7) is -0.467. The number of carbonyl (C=O) groups is 3. The van der Waals surface area contributed by atoms with Gasteiger partial charge in [0.25, 0.3) is 11.6 Å². The van der Waals surface area contributed by atoms with Crippen LogP contribution in [0.15, 0.2) is 42.5 Å². The second-order valence-corrected chi connectivity index (χ2v) is 6.02. The smallest absolute Gasteiger partial charge is 0.271 e. The summed E-state index contributed by atoms with van der Waals surface area (Å²) in [5, 5.41) is 13.6. The molecule has 1 aliphatic heterocycles. The first-order valence-corrected chi connectivity index (χ1v) is 8.22.